The molecule has 9 nitrogen and oxygen atoms in total. The first-order valence-corrected chi connectivity index (χ1v) is 21.2. The Morgan fingerprint density at radius 3 is 1.72 bits per heavy atom. The van der Waals surface area contributed by atoms with E-state index in [0.717, 1.165) is 64.2 Å². The van der Waals surface area contributed by atoms with Gasteiger partial charge in [0.1, 0.15) is 6.61 Å². The van der Waals surface area contributed by atoms with Gasteiger partial charge in [-0.05, 0) is 83.5 Å². The fraction of sp³-hybridized carbons (Fsp3) is 0.581. The van der Waals surface area contributed by atoms with Crippen LogP contribution in [-0.4, -0.2) is 52.3 Å². The van der Waals surface area contributed by atoms with Crippen molar-refractivity contribution in [1.29, 1.82) is 0 Å². The summed E-state index contributed by atoms with van der Waals surface area (Å²) in [6.07, 6.45) is 47.3. The number of phosphoric ester groups is 1. The highest BCUT2D eigenvalue weighted by molar-refractivity contribution is 7.46. The number of carbonyl (C=O) groups excluding carboxylic acids is 2. The zero-order valence-corrected chi connectivity index (χ0v) is 33.4. The molecule has 0 fully saturated rings. The van der Waals surface area contributed by atoms with E-state index in [2.05, 4.69) is 91.3 Å². The Balaban J connectivity index is 4.23. The minimum Gasteiger partial charge on any atom is -0.462 e. The zero-order valence-electron chi connectivity index (χ0n) is 32.5. The monoisotopic (exact) mass is 760 g/mol. The van der Waals surface area contributed by atoms with Crippen molar-refractivity contribution < 1.29 is 43.0 Å². The van der Waals surface area contributed by atoms with Gasteiger partial charge in [0.2, 0.25) is 0 Å². The van der Waals surface area contributed by atoms with Crippen LogP contribution in [0, 0.1) is 0 Å². The highest BCUT2D eigenvalue weighted by atomic mass is 31.2. The molecule has 0 aliphatic rings. The van der Waals surface area contributed by atoms with Gasteiger partial charge < -0.3 is 24.4 Å². The largest absolute Gasteiger partial charge is 0.469 e. The first kappa shape index (κ1) is 49.9. The summed E-state index contributed by atoms with van der Waals surface area (Å²) >= 11 is 0. The SMILES string of the molecule is CC/C=C\C/C=C\C/C=C\C/C=C\C=C\C(O)CCCC(=O)O[C@H](COC(=O)CCCCCC/C=C\C/C=C\C/C=C\CCCCC)COP(=O)(O)O. The Bertz CT molecular complexity index is 1190. The molecule has 300 valence electrons. The Morgan fingerprint density at radius 2 is 1.13 bits per heavy atom. The van der Waals surface area contributed by atoms with Gasteiger partial charge in [-0.3, -0.25) is 14.1 Å². The number of hydrogen-bond acceptors (Lipinski definition) is 7. The van der Waals surface area contributed by atoms with Gasteiger partial charge in [0.15, 0.2) is 6.10 Å². The second-order valence-corrected chi connectivity index (χ2v) is 14.0. The number of aliphatic hydroxyl groups is 1. The number of allylic oxidation sites excluding steroid dienone is 15. The van der Waals surface area contributed by atoms with Crippen molar-refractivity contribution in [1.82, 2.24) is 0 Å². The number of unbranched alkanes of at least 4 members (excludes halogenated alkanes) is 7. The lowest BCUT2D eigenvalue weighted by Crippen LogP contribution is -2.29. The molecule has 0 aromatic rings. The molecule has 0 aromatic carbocycles. The van der Waals surface area contributed by atoms with Crippen molar-refractivity contribution in [2.24, 2.45) is 0 Å². The first-order valence-electron chi connectivity index (χ1n) is 19.6. The first-order chi connectivity index (χ1) is 25.7. The van der Waals surface area contributed by atoms with E-state index in [1.165, 1.54) is 25.7 Å². The Kier molecular flexibility index (Phi) is 35.1. The summed E-state index contributed by atoms with van der Waals surface area (Å²) < 4.78 is 26.2. The number of ether oxygens (including phenoxy) is 2. The van der Waals surface area contributed by atoms with Crippen LogP contribution in [0.25, 0.3) is 0 Å². The lowest BCUT2D eigenvalue weighted by atomic mass is 10.1. The van der Waals surface area contributed by atoms with E-state index in [1.807, 2.05) is 12.2 Å². The Hall–Kier alpha value is -3.07. The molecule has 0 heterocycles. The van der Waals surface area contributed by atoms with E-state index in [4.69, 9.17) is 19.3 Å². The molecule has 53 heavy (non-hydrogen) atoms. The maximum Gasteiger partial charge on any atom is 0.469 e. The number of esters is 2. The molecule has 0 saturated carbocycles. The van der Waals surface area contributed by atoms with Gasteiger partial charge >= 0.3 is 19.8 Å². The lowest BCUT2D eigenvalue weighted by Gasteiger charge is -2.18. The summed E-state index contributed by atoms with van der Waals surface area (Å²) in [5, 5.41) is 10.2. The number of aliphatic hydroxyl groups excluding tert-OH is 1. The number of carbonyl (C=O) groups is 2. The van der Waals surface area contributed by atoms with E-state index in [1.54, 1.807) is 12.2 Å². The fourth-order valence-electron chi connectivity index (χ4n) is 4.76. The highest BCUT2D eigenvalue weighted by Gasteiger charge is 2.23. The van der Waals surface area contributed by atoms with Crippen LogP contribution < -0.4 is 0 Å². The molecule has 0 bridgehead atoms. The summed E-state index contributed by atoms with van der Waals surface area (Å²) in [6, 6.07) is 0. The molecule has 0 aliphatic carbocycles. The van der Waals surface area contributed by atoms with E-state index < -0.39 is 38.6 Å². The third-order valence-corrected chi connectivity index (χ3v) is 8.18. The maximum atomic E-state index is 12.4. The molecular weight excluding hydrogens is 691 g/mol. The van der Waals surface area contributed by atoms with Crippen LogP contribution in [0.4, 0.5) is 0 Å². The van der Waals surface area contributed by atoms with Crippen molar-refractivity contribution >= 4 is 19.8 Å². The quantitative estimate of drug-likeness (QED) is 0.0192. The molecule has 2 atom stereocenters. The van der Waals surface area contributed by atoms with E-state index >= 15 is 0 Å². The van der Waals surface area contributed by atoms with E-state index in [9.17, 15) is 19.3 Å². The molecule has 0 radical (unpaired) electrons. The van der Waals surface area contributed by atoms with Gasteiger partial charge in [-0.2, -0.15) is 0 Å². The summed E-state index contributed by atoms with van der Waals surface area (Å²) in [5.74, 6) is -1.13. The van der Waals surface area contributed by atoms with Crippen LogP contribution in [0.1, 0.15) is 136 Å². The average Bonchev–Trinajstić information content (AvgIpc) is 3.12. The van der Waals surface area contributed by atoms with Gasteiger partial charge in [-0.25, -0.2) is 4.57 Å². The summed E-state index contributed by atoms with van der Waals surface area (Å²) in [7, 11) is -4.82. The summed E-state index contributed by atoms with van der Waals surface area (Å²) in [5.41, 5.74) is 0. The second kappa shape index (κ2) is 37.3. The molecule has 10 heteroatoms. The van der Waals surface area contributed by atoms with Crippen molar-refractivity contribution in [3.63, 3.8) is 0 Å². The topological polar surface area (TPSA) is 140 Å². The number of hydrogen-bond donors (Lipinski definition) is 3. The zero-order chi connectivity index (χ0) is 39.1. The normalized spacial score (nSPS) is 14.1. The van der Waals surface area contributed by atoms with Crippen molar-refractivity contribution in [3.05, 3.63) is 97.2 Å². The highest BCUT2D eigenvalue weighted by Crippen LogP contribution is 2.36. The molecule has 0 spiro atoms. The Labute approximate surface area is 320 Å². The second-order valence-electron chi connectivity index (χ2n) is 12.7. The third-order valence-electron chi connectivity index (χ3n) is 7.69. The standard InChI is InChI=1S/C43H69O9P/c1-3-5-7-9-11-13-15-17-18-19-20-22-24-26-28-30-32-36-42(45)50-38-41(39-51-53(47,48)49)52-43(46)37-33-35-40(44)34-31-29-27-25-23-21-16-14-12-10-8-6-4-2/h6,8,11-14,17-18,20-23,27,29,31,34,40-41,44H,3-5,7,9-10,15-16,19,24-26,28,30,32-33,35-39H2,1-2H3,(H2,47,48,49)/b8-6-,13-11-,14-12-,18-17-,22-20-,23-21-,29-27-,34-31+/t40?,41-/m1/s1. The van der Waals surface area contributed by atoms with Gasteiger partial charge in [0.05, 0.1) is 12.7 Å². The van der Waals surface area contributed by atoms with Crippen LogP contribution in [0.2, 0.25) is 0 Å². The van der Waals surface area contributed by atoms with Crippen LogP contribution in [0.15, 0.2) is 97.2 Å². The van der Waals surface area contributed by atoms with Crippen LogP contribution in [-0.2, 0) is 28.2 Å². The Morgan fingerprint density at radius 1 is 0.604 bits per heavy atom. The molecule has 1 unspecified atom stereocenters. The van der Waals surface area contributed by atoms with E-state index in [0.29, 0.717) is 19.3 Å². The molecular formula is C43H69O9P. The van der Waals surface area contributed by atoms with Crippen molar-refractivity contribution in [2.45, 2.75) is 148 Å². The molecule has 0 aromatic heterocycles. The predicted molar refractivity (Wildman–Crippen MR) is 217 cm³/mol. The van der Waals surface area contributed by atoms with Gasteiger partial charge in [-0.1, -0.05) is 137 Å². The predicted octanol–water partition coefficient (Wildman–Crippen LogP) is 10.8. The van der Waals surface area contributed by atoms with E-state index in [-0.39, 0.29) is 19.4 Å². The smallest absolute Gasteiger partial charge is 0.462 e. The van der Waals surface area contributed by atoms with Gasteiger partial charge in [0.25, 0.3) is 0 Å². The average molecular weight is 761 g/mol. The van der Waals surface area contributed by atoms with Crippen molar-refractivity contribution in [2.75, 3.05) is 13.2 Å². The molecule has 0 aliphatic heterocycles. The van der Waals surface area contributed by atoms with Crippen LogP contribution >= 0.6 is 7.82 Å². The molecule has 0 rings (SSSR count). The summed E-state index contributed by atoms with van der Waals surface area (Å²) in [6.45, 7) is 3.33. The van der Waals surface area contributed by atoms with Crippen LogP contribution in [0.5, 0.6) is 0 Å². The lowest BCUT2D eigenvalue weighted by molar-refractivity contribution is -0.161. The minimum absolute atomic E-state index is 0.0298. The van der Waals surface area contributed by atoms with Gasteiger partial charge in [0, 0.05) is 12.8 Å². The molecule has 3 N–H and O–H groups in total. The van der Waals surface area contributed by atoms with Crippen LogP contribution in [0.3, 0.4) is 0 Å². The fourth-order valence-corrected chi connectivity index (χ4v) is 5.12. The summed E-state index contributed by atoms with van der Waals surface area (Å²) in [4.78, 5) is 42.8. The third kappa shape index (κ3) is 40.0. The molecule has 0 amide bonds. The molecule has 0 saturated heterocycles. The maximum absolute atomic E-state index is 12.4. The minimum atomic E-state index is -4.82. The van der Waals surface area contributed by atoms with Crippen molar-refractivity contribution in [3.8, 4) is 0 Å². The number of rotatable bonds is 34. The van der Waals surface area contributed by atoms with Gasteiger partial charge in [-0.15, -0.1) is 0 Å². The number of phosphoric acid groups is 1.